The van der Waals surface area contributed by atoms with Crippen LogP contribution >= 0.6 is 0 Å². The molecule has 0 saturated heterocycles. The highest BCUT2D eigenvalue weighted by molar-refractivity contribution is 6.11. The van der Waals surface area contributed by atoms with E-state index in [9.17, 15) is 18.8 Å². The van der Waals surface area contributed by atoms with Gasteiger partial charge in [-0.2, -0.15) is 0 Å². The third-order valence-corrected chi connectivity index (χ3v) is 7.75. The number of carbonyl (C=O) groups is 2. The molecule has 1 fully saturated rings. The predicted octanol–water partition coefficient (Wildman–Crippen LogP) is 4.72. The molecule has 1 aliphatic rings. The Morgan fingerprint density at radius 1 is 0.978 bits per heavy atom. The van der Waals surface area contributed by atoms with Crippen LogP contribution in [-0.2, 0) is 9.53 Å². The molecule has 4 rings (SSSR count). The second-order valence-electron chi connectivity index (χ2n) is 11.2. The maximum Gasteiger partial charge on any atom is 0.323 e. The number of nitrogens with two attached hydrogens (primary N) is 2. The Balaban J connectivity index is 1.41. The molecule has 1 saturated carbocycles. The Labute approximate surface area is 259 Å². The van der Waals surface area contributed by atoms with Crippen LogP contribution in [-0.4, -0.2) is 48.2 Å². The first kappa shape index (κ1) is 33.7. The van der Waals surface area contributed by atoms with Crippen LogP contribution in [0.4, 0.5) is 19.0 Å². The van der Waals surface area contributed by atoms with Gasteiger partial charge in [0, 0.05) is 18.2 Å². The van der Waals surface area contributed by atoms with E-state index < -0.39 is 46.3 Å². The van der Waals surface area contributed by atoms with E-state index in [1.807, 2.05) is 0 Å². The summed E-state index contributed by atoms with van der Waals surface area (Å²) in [5.41, 5.74) is 9.96. The van der Waals surface area contributed by atoms with Crippen molar-refractivity contribution in [3.8, 4) is 11.4 Å². The van der Waals surface area contributed by atoms with Crippen LogP contribution in [0.1, 0.15) is 72.9 Å². The Morgan fingerprint density at radius 2 is 1.67 bits per heavy atom. The standard InChI is InChI=1S/C33H39F3N4O5/c1-20-10-11-23(25(34)17-20)31(42)24-12-13-29(41)40(32(24)38)30-26(35)18-22(19-27(30)36)44-16-6-15-39-28(9-4-5-14-37)33(43)45-21-7-2-3-8-21/h10-13,17-19,21,28,39H,2-9,14-16,37-38H2,1H3/t28-/m0/s1. The van der Waals surface area contributed by atoms with Gasteiger partial charge in [0.25, 0.3) is 5.56 Å². The maximum atomic E-state index is 15.3. The van der Waals surface area contributed by atoms with Crippen molar-refractivity contribution in [3.05, 3.63) is 87.0 Å². The van der Waals surface area contributed by atoms with Gasteiger partial charge in [0.1, 0.15) is 35.2 Å². The van der Waals surface area contributed by atoms with Crippen molar-refractivity contribution < 1.29 is 32.2 Å². The molecule has 1 aliphatic carbocycles. The summed E-state index contributed by atoms with van der Waals surface area (Å²) < 4.78 is 56.7. The van der Waals surface area contributed by atoms with Gasteiger partial charge >= 0.3 is 5.97 Å². The van der Waals surface area contributed by atoms with E-state index >= 15 is 8.78 Å². The average molecular weight is 629 g/mol. The van der Waals surface area contributed by atoms with Crippen molar-refractivity contribution >= 4 is 17.6 Å². The van der Waals surface area contributed by atoms with Gasteiger partial charge in [-0.25, -0.2) is 13.2 Å². The number of carbonyl (C=O) groups excluding carboxylic acids is 2. The highest BCUT2D eigenvalue weighted by atomic mass is 19.1. The Kier molecular flexibility index (Phi) is 11.8. The third-order valence-electron chi connectivity index (χ3n) is 7.75. The topological polar surface area (TPSA) is 139 Å². The molecular weight excluding hydrogens is 589 g/mol. The number of nitrogens with one attached hydrogen (secondary N) is 1. The lowest BCUT2D eigenvalue weighted by molar-refractivity contribution is -0.151. The molecule has 1 heterocycles. The number of unbranched alkanes of at least 4 members (excludes halogenated alkanes) is 1. The summed E-state index contributed by atoms with van der Waals surface area (Å²) >= 11 is 0. The summed E-state index contributed by atoms with van der Waals surface area (Å²) in [6, 6.07) is 7.31. The van der Waals surface area contributed by atoms with Gasteiger partial charge in [0.05, 0.1) is 17.7 Å². The van der Waals surface area contributed by atoms with E-state index in [1.54, 1.807) is 6.92 Å². The number of nitrogens with zero attached hydrogens (tertiary/aromatic N) is 1. The number of hydrogen-bond acceptors (Lipinski definition) is 8. The lowest BCUT2D eigenvalue weighted by Gasteiger charge is -2.20. The molecule has 3 aromatic rings. The fourth-order valence-corrected chi connectivity index (χ4v) is 5.35. The molecule has 1 atom stereocenters. The van der Waals surface area contributed by atoms with Crippen molar-refractivity contribution in [3.63, 3.8) is 0 Å². The quantitative estimate of drug-likeness (QED) is 0.125. The molecule has 0 radical (unpaired) electrons. The number of hydrogen-bond donors (Lipinski definition) is 3. The summed E-state index contributed by atoms with van der Waals surface area (Å²) in [5.74, 6) is -4.91. The van der Waals surface area contributed by atoms with Crippen molar-refractivity contribution in [1.29, 1.82) is 0 Å². The molecule has 0 bridgehead atoms. The molecule has 0 unspecified atom stereocenters. The Bertz CT molecular complexity index is 1550. The number of aromatic nitrogens is 1. The van der Waals surface area contributed by atoms with E-state index in [0.29, 0.717) is 36.1 Å². The first-order valence-electron chi connectivity index (χ1n) is 15.2. The first-order valence-corrected chi connectivity index (χ1v) is 15.2. The summed E-state index contributed by atoms with van der Waals surface area (Å²) in [7, 11) is 0. The minimum Gasteiger partial charge on any atom is -0.493 e. The number of rotatable bonds is 15. The zero-order valence-corrected chi connectivity index (χ0v) is 25.3. The number of esters is 1. The number of anilines is 1. The zero-order valence-electron chi connectivity index (χ0n) is 25.3. The lowest BCUT2D eigenvalue weighted by atomic mass is 10.0. The van der Waals surface area contributed by atoms with E-state index in [2.05, 4.69) is 5.32 Å². The summed E-state index contributed by atoms with van der Waals surface area (Å²) in [4.78, 5) is 38.4. The van der Waals surface area contributed by atoms with Crippen LogP contribution in [0.3, 0.4) is 0 Å². The van der Waals surface area contributed by atoms with Gasteiger partial charge in [-0.15, -0.1) is 0 Å². The first-order chi connectivity index (χ1) is 21.6. The van der Waals surface area contributed by atoms with E-state index in [-0.39, 0.29) is 35.6 Å². The van der Waals surface area contributed by atoms with Gasteiger partial charge in [-0.1, -0.05) is 12.5 Å². The fraction of sp³-hybridized carbons (Fsp3) is 0.424. The molecule has 9 nitrogen and oxygen atoms in total. The van der Waals surface area contributed by atoms with Gasteiger partial charge < -0.3 is 26.3 Å². The van der Waals surface area contributed by atoms with E-state index in [4.69, 9.17) is 20.9 Å². The molecule has 0 amide bonds. The van der Waals surface area contributed by atoms with Crippen LogP contribution in [0.5, 0.6) is 5.75 Å². The van der Waals surface area contributed by atoms with Gasteiger partial charge in [-0.3, -0.25) is 19.0 Å². The number of pyridine rings is 1. The molecule has 0 aliphatic heterocycles. The van der Waals surface area contributed by atoms with Crippen LogP contribution < -0.4 is 27.1 Å². The van der Waals surface area contributed by atoms with Crippen LogP contribution in [0, 0.1) is 24.4 Å². The molecule has 45 heavy (non-hydrogen) atoms. The summed E-state index contributed by atoms with van der Waals surface area (Å²) in [6.07, 6.45) is 6.36. The number of nitrogen functional groups attached to an aromatic ring is 1. The number of aryl methyl sites for hydroxylation is 1. The highest BCUT2D eigenvalue weighted by Crippen LogP contribution is 2.27. The van der Waals surface area contributed by atoms with Crippen LogP contribution in [0.25, 0.3) is 5.69 Å². The largest absolute Gasteiger partial charge is 0.493 e. The average Bonchev–Trinajstić information content (AvgIpc) is 3.50. The highest BCUT2D eigenvalue weighted by Gasteiger charge is 2.26. The van der Waals surface area contributed by atoms with E-state index in [0.717, 1.165) is 62.8 Å². The molecule has 12 heteroatoms. The zero-order chi connectivity index (χ0) is 32.5. The lowest BCUT2D eigenvalue weighted by Crippen LogP contribution is -2.40. The molecule has 2 aromatic carbocycles. The SMILES string of the molecule is Cc1ccc(C(=O)c2ccc(=O)n(-c3c(F)cc(OCCCN[C@@H](CCCCN)C(=O)OC4CCCC4)cc3F)c2N)c(F)c1. The third kappa shape index (κ3) is 8.52. The normalized spacial score (nSPS) is 14.0. The number of ketones is 1. The monoisotopic (exact) mass is 628 g/mol. The summed E-state index contributed by atoms with van der Waals surface area (Å²) in [5, 5.41) is 3.19. The molecule has 242 valence electrons. The van der Waals surface area contributed by atoms with Crippen molar-refractivity contribution in [2.75, 3.05) is 25.4 Å². The summed E-state index contributed by atoms with van der Waals surface area (Å²) in [6.45, 7) is 2.65. The smallest absolute Gasteiger partial charge is 0.323 e. The van der Waals surface area contributed by atoms with Crippen molar-refractivity contribution in [2.24, 2.45) is 5.73 Å². The van der Waals surface area contributed by atoms with E-state index in [1.165, 1.54) is 18.2 Å². The minimum absolute atomic E-state index is 0.0437. The Morgan fingerprint density at radius 3 is 2.33 bits per heavy atom. The maximum absolute atomic E-state index is 15.3. The Hall–Kier alpha value is -4.16. The van der Waals surface area contributed by atoms with Gasteiger partial charge in [0.2, 0.25) is 0 Å². The second-order valence-corrected chi connectivity index (χ2v) is 11.2. The number of benzene rings is 2. The minimum atomic E-state index is -1.15. The fourth-order valence-electron chi connectivity index (χ4n) is 5.35. The number of ether oxygens (including phenoxy) is 2. The van der Waals surface area contributed by atoms with Crippen molar-refractivity contribution in [2.45, 2.75) is 70.4 Å². The molecule has 0 spiro atoms. The van der Waals surface area contributed by atoms with Gasteiger partial charge in [0.15, 0.2) is 17.4 Å². The molecular formula is C33H39F3N4O5. The van der Waals surface area contributed by atoms with Gasteiger partial charge in [-0.05, 0) is 88.7 Å². The number of halogens is 3. The molecule has 5 N–H and O–H groups in total. The second kappa shape index (κ2) is 15.7. The van der Waals surface area contributed by atoms with Crippen LogP contribution in [0.2, 0.25) is 0 Å². The van der Waals surface area contributed by atoms with Crippen LogP contribution in [0.15, 0.2) is 47.3 Å². The molecule has 1 aromatic heterocycles. The predicted molar refractivity (Wildman–Crippen MR) is 164 cm³/mol. The van der Waals surface area contributed by atoms with Crippen molar-refractivity contribution in [1.82, 2.24) is 9.88 Å².